The van der Waals surface area contributed by atoms with E-state index in [4.69, 9.17) is 10.5 Å². The molecule has 1 amide bonds. The van der Waals surface area contributed by atoms with Crippen molar-refractivity contribution in [2.24, 2.45) is 13.0 Å². The molecule has 0 spiro atoms. The van der Waals surface area contributed by atoms with Crippen LogP contribution in [0.4, 0.5) is 5.69 Å². The van der Waals surface area contributed by atoms with Crippen LogP contribution in [0.1, 0.15) is 22.6 Å². The van der Waals surface area contributed by atoms with Crippen molar-refractivity contribution in [2.75, 3.05) is 25.9 Å². The zero-order valence-corrected chi connectivity index (χ0v) is 11.3. The van der Waals surface area contributed by atoms with Crippen LogP contribution in [0.2, 0.25) is 0 Å². The topological polar surface area (TPSA) is 90.4 Å². The minimum Gasteiger partial charge on any atom is -0.469 e. The standard InChI is InChI=1S/C12H18N4O3/c1-7-9(13)10(15(2)14-7)11(17)16-5-4-8(6-16)12(18)19-3/h8H,4-6,13H2,1-3H3. The Kier molecular flexibility index (Phi) is 3.46. The van der Waals surface area contributed by atoms with Crippen molar-refractivity contribution in [3.63, 3.8) is 0 Å². The number of nitrogens with zero attached hydrogens (tertiary/aromatic N) is 3. The fourth-order valence-electron chi connectivity index (χ4n) is 2.38. The third-order valence-electron chi connectivity index (χ3n) is 3.48. The van der Waals surface area contributed by atoms with Crippen LogP contribution in [0.15, 0.2) is 0 Å². The molecular weight excluding hydrogens is 248 g/mol. The van der Waals surface area contributed by atoms with Gasteiger partial charge in [0.1, 0.15) is 5.69 Å². The summed E-state index contributed by atoms with van der Waals surface area (Å²) in [6.45, 7) is 2.66. The first-order valence-electron chi connectivity index (χ1n) is 6.11. The van der Waals surface area contributed by atoms with Gasteiger partial charge in [-0.2, -0.15) is 5.10 Å². The van der Waals surface area contributed by atoms with E-state index in [-0.39, 0.29) is 17.8 Å². The molecule has 1 unspecified atom stereocenters. The van der Waals surface area contributed by atoms with E-state index in [2.05, 4.69) is 5.10 Å². The molecule has 1 saturated heterocycles. The number of hydrogen-bond acceptors (Lipinski definition) is 5. The molecule has 0 aliphatic carbocycles. The summed E-state index contributed by atoms with van der Waals surface area (Å²) < 4.78 is 6.18. The Labute approximate surface area is 111 Å². The molecule has 1 aliphatic heterocycles. The van der Waals surface area contributed by atoms with E-state index in [1.54, 1.807) is 18.9 Å². The molecule has 1 atom stereocenters. The Morgan fingerprint density at radius 1 is 1.47 bits per heavy atom. The lowest BCUT2D eigenvalue weighted by molar-refractivity contribution is -0.144. The minimum absolute atomic E-state index is 0.188. The average molecular weight is 266 g/mol. The maximum Gasteiger partial charge on any atom is 0.310 e. The molecular formula is C12H18N4O3. The Bertz CT molecular complexity index is 523. The number of rotatable bonds is 2. The SMILES string of the molecule is COC(=O)C1CCN(C(=O)c2c(N)c(C)nn2C)C1. The summed E-state index contributed by atoms with van der Waals surface area (Å²) in [5.74, 6) is -0.707. The van der Waals surface area contributed by atoms with Crippen LogP contribution in [0.25, 0.3) is 0 Å². The molecule has 2 N–H and O–H groups in total. The molecule has 0 bridgehead atoms. The second-order valence-corrected chi connectivity index (χ2v) is 4.73. The zero-order valence-electron chi connectivity index (χ0n) is 11.3. The lowest BCUT2D eigenvalue weighted by Gasteiger charge is -2.16. The smallest absolute Gasteiger partial charge is 0.310 e. The first-order chi connectivity index (χ1) is 8.95. The number of carbonyl (C=O) groups excluding carboxylic acids is 2. The van der Waals surface area contributed by atoms with Crippen LogP contribution < -0.4 is 5.73 Å². The second kappa shape index (κ2) is 4.91. The molecule has 1 aromatic rings. The molecule has 7 nitrogen and oxygen atoms in total. The van der Waals surface area contributed by atoms with E-state index in [1.807, 2.05) is 0 Å². The van der Waals surface area contributed by atoms with Gasteiger partial charge in [0.15, 0.2) is 0 Å². The van der Waals surface area contributed by atoms with E-state index in [0.29, 0.717) is 36.6 Å². The number of nitrogens with two attached hydrogens (primary N) is 1. The molecule has 0 saturated carbocycles. The summed E-state index contributed by atoms with van der Waals surface area (Å²) >= 11 is 0. The summed E-state index contributed by atoms with van der Waals surface area (Å²) in [4.78, 5) is 25.5. The highest BCUT2D eigenvalue weighted by Crippen LogP contribution is 2.23. The number of amides is 1. The van der Waals surface area contributed by atoms with Crippen molar-refractivity contribution in [3.8, 4) is 0 Å². The van der Waals surface area contributed by atoms with Crippen molar-refractivity contribution < 1.29 is 14.3 Å². The van der Waals surface area contributed by atoms with Crippen molar-refractivity contribution in [3.05, 3.63) is 11.4 Å². The zero-order chi connectivity index (χ0) is 14.2. The summed E-state index contributed by atoms with van der Waals surface area (Å²) in [5.41, 5.74) is 7.28. The van der Waals surface area contributed by atoms with Crippen LogP contribution in [-0.4, -0.2) is 46.8 Å². The maximum absolute atomic E-state index is 12.4. The molecule has 1 aromatic heterocycles. The Balaban J connectivity index is 2.16. The van der Waals surface area contributed by atoms with Crippen molar-refractivity contribution in [1.29, 1.82) is 0 Å². The van der Waals surface area contributed by atoms with Crippen LogP contribution in [-0.2, 0) is 16.6 Å². The quantitative estimate of drug-likeness (QED) is 0.758. The second-order valence-electron chi connectivity index (χ2n) is 4.73. The van der Waals surface area contributed by atoms with E-state index in [9.17, 15) is 9.59 Å². The Morgan fingerprint density at radius 3 is 2.68 bits per heavy atom. The van der Waals surface area contributed by atoms with Gasteiger partial charge in [-0.1, -0.05) is 0 Å². The van der Waals surface area contributed by atoms with E-state index in [0.717, 1.165) is 0 Å². The van der Waals surface area contributed by atoms with Crippen LogP contribution in [0.5, 0.6) is 0 Å². The number of likely N-dealkylation sites (tertiary alicyclic amines) is 1. The van der Waals surface area contributed by atoms with Crippen LogP contribution in [0.3, 0.4) is 0 Å². The van der Waals surface area contributed by atoms with Gasteiger partial charge in [-0.25, -0.2) is 0 Å². The van der Waals surface area contributed by atoms with Gasteiger partial charge in [-0.3, -0.25) is 14.3 Å². The van der Waals surface area contributed by atoms with Gasteiger partial charge in [0, 0.05) is 20.1 Å². The monoisotopic (exact) mass is 266 g/mol. The van der Waals surface area contributed by atoms with Gasteiger partial charge in [0.2, 0.25) is 0 Å². The summed E-state index contributed by atoms with van der Waals surface area (Å²) in [7, 11) is 3.04. The van der Waals surface area contributed by atoms with Crippen molar-refractivity contribution in [2.45, 2.75) is 13.3 Å². The van der Waals surface area contributed by atoms with Crippen molar-refractivity contribution in [1.82, 2.24) is 14.7 Å². The molecule has 2 rings (SSSR count). The molecule has 0 radical (unpaired) electrons. The number of nitrogen functional groups attached to an aromatic ring is 1. The summed E-state index contributed by atoms with van der Waals surface area (Å²) in [6.07, 6.45) is 0.620. The predicted octanol–water partition coefficient (Wildman–Crippen LogP) is -0.0542. The van der Waals surface area contributed by atoms with E-state index < -0.39 is 0 Å². The third kappa shape index (κ3) is 2.27. The maximum atomic E-state index is 12.4. The number of hydrogen-bond donors (Lipinski definition) is 1. The normalized spacial score (nSPS) is 18.7. The fourth-order valence-corrected chi connectivity index (χ4v) is 2.38. The molecule has 2 heterocycles. The first kappa shape index (κ1) is 13.4. The lowest BCUT2D eigenvalue weighted by atomic mass is 10.1. The summed E-state index contributed by atoms with van der Waals surface area (Å²) in [6, 6.07) is 0. The van der Waals surface area contributed by atoms with Gasteiger partial charge in [0.25, 0.3) is 5.91 Å². The van der Waals surface area contributed by atoms with Gasteiger partial charge in [0.05, 0.1) is 24.4 Å². The largest absolute Gasteiger partial charge is 0.469 e. The predicted molar refractivity (Wildman–Crippen MR) is 68.4 cm³/mol. The van der Waals surface area contributed by atoms with Crippen LogP contribution in [0, 0.1) is 12.8 Å². The highest BCUT2D eigenvalue weighted by Gasteiger charge is 2.34. The number of anilines is 1. The first-order valence-corrected chi connectivity index (χ1v) is 6.11. The van der Waals surface area contributed by atoms with E-state index in [1.165, 1.54) is 11.8 Å². The number of esters is 1. The molecule has 104 valence electrons. The molecule has 19 heavy (non-hydrogen) atoms. The molecule has 0 aromatic carbocycles. The Morgan fingerprint density at radius 2 is 2.16 bits per heavy atom. The number of carbonyl (C=O) groups is 2. The van der Waals surface area contributed by atoms with E-state index >= 15 is 0 Å². The van der Waals surface area contributed by atoms with Gasteiger partial charge in [-0.05, 0) is 13.3 Å². The minimum atomic E-state index is -0.274. The summed E-state index contributed by atoms with van der Waals surface area (Å²) in [5, 5.41) is 4.13. The number of aryl methyl sites for hydroxylation is 2. The van der Waals surface area contributed by atoms with Gasteiger partial charge < -0.3 is 15.4 Å². The Hall–Kier alpha value is -2.05. The number of ether oxygens (including phenoxy) is 1. The number of methoxy groups -OCH3 is 1. The third-order valence-corrected chi connectivity index (χ3v) is 3.48. The van der Waals surface area contributed by atoms with Gasteiger partial charge >= 0.3 is 5.97 Å². The van der Waals surface area contributed by atoms with Crippen molar-refractivity contribution >= 4 is 17.6 Å². The highest BCUT2D eigenvalue weighted by atomic mass is 16.5. The highest BCUT2D eigenvalue weighted by molar-refractivity contribution is 5.98. The lowest BCUT2D eigenvalue weighted by Crippen LogP contribution is -2.32. The average Bonchev–Trinajstić information content (AvgIpc) is 2.95. The number of aromatic nitrogens is 2. The molecule has 1 aliphatic rings. The van der Waals surface area contributed by atoms with Crippen LogP contribution >= 0.6 is 0 Å². The molecule has 7 heteroatoms. The van der Waals surface area contributed by atoms with Gasteiger partial charge in [-0.15, -0.1) is 0 Å². The molecule has 1 fully saturated rings. The fraction of sp³-hybridized carbons (Fsp3) is 0.583.